The number of imidazole rings is 1. The summed E-state index contributed by atoms with van der Waals surface area (Å²) in [7, 11) is 0. The lowest BCUT2D eigenvalue weighted by molar-refractivity contribution is 0.811. The highest BCUT2D eigenvalue weighted by atomic mass is 32.1. The van der Waals surface area contributed by atoms with Crippen molar-refractivity contribution in [2.45, 2.75) is 39.5 Å². The number of fused-ring (bicyclic) bond motifs is 7. The minimum absolute atomic E-state index is 0.384. The summed E-state index contributed by atoms with van der Waals surface area (Å²) in [6, 6.07) is 40.1. The molecule has 8 rings (SSSR count). The minimum atomic E-state index is 0.384. The molecule has 0 aliphatic rings. The van der Waals surface area contributed by atoms with Crippen molar-refractivity contribution < 1.29 is 0 Å². The summed E-state index contributed by atoms with van der Waals surface area (Å²) < 4.78 is 5.05. The van der Waals surface area contributed by atoms with E-state index >= 15 is 0 Å². The number of hydrogen-bond donors (Lipinski definition) is 0. The van der Waals surface area contributed by atoms with Gasteiger partial charge in [0.05, 0.1) is 16.7 Å². The van der Waals surface area contributed by atoms with Gasteiger partial charge in [0.15, 0.2) is 0 Å². The van der Waals surface area contributed by atoms with Crippen molar-refractivity contribution >= 4 is 64.1 Å². The molecule has 0 aliphatic heterocycles. The van der Waals surface area contributed by atoms with Crippen LogP contribution in [0, 0.1) is 0 Å². The second-order valence-electron chi connectivity index (χ2n) is 12.0. The Kier molecular flexibility index (Phi) is 5.74. The van der Waals surface area contributed by atoms with Crippen LogP contribution in [0.4, 0.5) is 0 Å². The van der Waals surface area contributed by atoms with Crippen molar-refractivity contribution in [2.24, 2.45) is 0 Å². The van der Waals surface area contributed by atoms with Crippen LogP contribution in [0.1, 0.15) is 50.7 Å². The van der Waals surface area contributed by atoms with Crippen molar-refractivity contribution in [3.63, 3.8) is 0 Å². The number of aromatic nitrogens is 2. The SMILES string of the molecule is CC(C)c1cccc(C(C)C)c1-n1c(-c2cccc3c2sc2cc4ccc5ccccc5c4cc23)nc2ccccc21. The summed E-state index contributed by atoms with van der Waals surface area (Å²) in [5.41, 5.74) is 7.35. The number of para-hydroxylation sites is 3. The fourth-order valence-corrected chi connectivity index (χ4v) is 7.92. The highest BCUT2D eigenvalue weighted by Crippen LogP contribution is 2.44. The van der Waals surface area contributed by atoms with Gasteiger partial charge < -0.3 is 0 Å². The summed E-state index contributed by atoms with van der Waals surface area (Å²) >= 11 is 1.88. The van der Waals surface area contributed by atoms with E-state index in [1.54, 1.807) is 0 Å². The molecular formula is C39H32N2S. The maximum absolute atomic E-state index is 5.35. The fraction of sp³-hybridized carbons (Fsp3) is 0.154. The number of nitrogens with zero attached hydrogens (tertiary/aromatic N) is 2. The summed E-state index contributed by atoms with van der Waals surface area (Å²) in [5.74, 6) is 1.78. The van der Waals surface area contributed by atoms with Gasteiger partial charge in [-0.3, -0.25) is 4.57 Å². The first-order valence-corrected chi connectivity index (χ1v) is 15.7. The van der Waals surface area contributed by atoms with Crippen LogP contribution in [-0.2, 0) is 0 Å². The highest BCUT2D eigenvalue weighted by molar-refractivity contribution is 7.26. The second-order valence-corrected chi connectivity index (χ2v) is 13.0. The van der Waals surface area contributed by atoms with Gasteiger partial charge in [0, 0.05) is 25.7 Å². The number of thiophene rings is 1. The van der Waals surface area contributed by atoms with Crippen LogP contribution in [0.15, 0.2) is 109 Å². The smallest absolute Gasteiger partial charge is 0.147 e. The van der Waals surface area contributed by atoms with Gasteiger partial charge in [0.1, 0.15) is 5.82 Å². The molecule has 0 aliphatic carbocycles. The van der Waals surface area contributed by atoms with Gasteiger partial charge in [-0.15, -0.1) is 11.3 Å². The van der Waals surface area contributed by atoms with E-state index in [2.05, 4.69) is 141 Å². The molecule has 2 aromatic heterocycles. The van der Waals surface area contributed by atoms with Crippen LogP contribution in [0.2, 0.25) is 0 Å². The molecule has 0 spiro atoms. The van der Waals surface area contributed by atoms with Gasteiger partial charge in [-0.2, -0.15) is 0 Å². The fourth-order valence-electron chi connectivity index (χ4n) is 6.68. The molecule has 0 unspecified atom stereocenters. The Labute approximate surface area is 249 Å². The zero-order valence-corrected chi connectivity index (χ0v) is 25.2. The predicted octanol–water partition coefficient (Wildman–Crippen LogP) is 11.6. The van der Waals surface area contributed by atoms with E-state index in [4.69, 9.17) is 4.98 Å². The molecule has 0 N–H and O–H groups in total. The van der Waals surface area contributed by atoms with Crippen LogP contribution in [0.3, 0.4) is 0 Å². The topological polar surface area (TPSA) is 17.8 Å². The van der Waals surface area contributed by atoms with E-state index in [-0.39, 0.29) is 0 Å². The van der Waals surface area contributed by atoms with E-state index in [9.17, 15) is 0 Å². The molecule has 2 nitrogen and oxygen atoms in total. The summed E-state index contributed by atoms with van der Waals surface area (Å²) in [6.45, 7) is 9.18. The van der Waals surface area contributed by atoms with Crippen molar-refractivity contribution in [2.75, 3.05) is 0 Å². The normalized spacial score (nSPS) is 12.2. The van der Waals surface area contributed by atoms with Gasteiger partial charge in [0.25, 0.3) is 0 Å². The Balaban J connectivity index is 1.47. The first kappa shape index (κ1) is 25.3. The minimum Gasteiger partial charge on any atom is -0.292 e. The molecule has 2 heterocycles. The zero-order valence-electron chi connectivity index (χ0n) is 24.3. The molecule has 204 valence electrons. The second kappa shape index (κ2) is 9.54. The van der Waals surface area contributed by atoms with Crippen LogP contribution in [0.25, 0.3) is 69.8 Å². The average molecular weight is 561 g/mol. The zero-order chi connectivity index (χ0) is 28.5. The van der Waals surface area contributed by atoms with E-state index < -0.39 is 0 Å². The quantitative estimate of drug-likeness (QED) is 0.196. The Bertz CT molecular complexity index is 2290. The van der Waals surface area contributed by atoms with E-state index in [0.717, 1.165) is 16.9 Å². The average Bonchev–Trinajstić information content (AvgIpc) is 3.57. The molecule has 8 aromatic rings. The van der Waals surface area contributed by atoms with Gasteiger partial charge in [-0.25, -0.2) is 4.98 Å². The van der Waals surface area contributed by atoms with Crippen molar-refractivity contribution in [1.29, 1.82) is 0 Å². The third-order valence-corrected chi connectivity index (χ3v) is 9.93. The van der Waals surface area contributed by atoms with Crippen LogP contribution >= 0.6 is 11.3 Å². The van der Waals surface area contributed by atoms with E-state index in [1.165, 1.54) is 64.1 Å². The van der Waals surface area contributed by atoms with Crippen molar-refractivity contribution in [3.05, 3.63) is 120 Å². The third-order valence-electron chi connectivity index (χ3n) is 8.73. The van der Waals surface area contributed by atoms with Crippen LogP contribution in [-0.4, -0.2) is 9.55 Å². The Hall–Kier alpha value is -4.47. The highest BCUT2D eigenvalue weighted by Gasteiger charge is 2.23. The number of benzene rings is 6. The summed E-state index contributed by atoms with van der Waals surface area (Å²) in [5, 5.41) is 7.79. The van der Waals surface area contributed by atoms with Crippen LogP contribution in [0.5, 0.6) is 0 Å². The molecule has 0 saturated carbocycles. The molecule has 0 radical (unpaired) electrons. The first-order chi connectivity index (χ1) is 20.5. The molecule has 3 heteroatoms. The summed E-state index contributed by atoms with van der Waals surface area (Å²) in [4.78, 5) is 5.35. The molecule has 6 aromatic carbocycles. The molecule has 0 bridgehead atoms. The molecule has 42 heavy (non-hydrogen) atoms. The molecule has 0 atom stereocenters. The molecular weight excluding hydrogens is 529 g/mol. The Morgan fingerprint density at radius 1 is 0.595 bits per heavy atom. The van der Waals surface area contributed by atoms with Crippen molar-refractivity contribution in [3.8, 4) is 17.1 Å². The predicted molar refractivity (Wildman–Crippen MR) is 183 cm³/mol. The largest absolute Gasteiger partial charge is 0.292 e. The Morgan fingerprint density at radius 2 is 1.29 bits per heavy atom. The maximum atomic E-state index is 5.35. The Morgan fingerprint density at radius 3 is 2.10 bits per heavy atom. The van der Waals surface area contributed by atoms with Crippen molar-refractivity contribution in [1.82, 2.24) is 9.55 Å². The standard InChI is InChI=1S/C39H32N2S/c1-23(2)27-13-9-14-28(24(3)4)37(27)41-35-18-8-7-17-34(35)40-39(41)31-16-10-15-30-33-22-32-26(21-36(33)42-38(30)31)20-19-25-11-5-6-12-29(25)32/h5-24H,1-4H3. The van der Waals surface area contributed by atoms with Gasteiger partial charge in [-0.1, -0.05) is 107 Å². The van der Waals surface area contributed by atoms with E-state index in [0.29, 0.717) is 11.8 Å². The first-order valence-electron chi connectivity index (χ1n) is 14.9. The number of hydrogen-bond acceptors (Lipinski definition) is 2. The van der Waals surface area contributed by atoms with Gasteiger partial charge in [0.2, 0.25) is 0 Å². The lowest BCUT2D eigenvalue weighted by Gasteiger charge is -2.22. The molecule has 0 saturated heterocycles. The van der Waals surface area contributed by atoms with E-state index in [1.807, 2.05) is 11.3 Å². The third kappa shape index (κ3) is 3.73. The van der Waals surface area contributed by atoms with Gasteiger partial charge in [-0.05, 0) is 74.8 Å². The lowest BCUT2D eigenvalue weighted by atomic mass is 9.92. The van der Waals surface area contributed by atoms with Crippen LogP contribution < -0.4 is 0 Å². The molecule has 0 amide bonds. The monoisotopic (exact) mass is 560 g/mol. The lowest BCUT2D eigenvalue weighted by Crippen LogP contribution is -2.08. The van der Waals surface area contributed by atoms with Gasteiger partial charge >= 0.3 is 0 Å². The molecule has 0 fully saturated rings. The maximum Gasteiger partial charge on any atom is 0.147 e. The number of rotatable bonds is 4. The summed E-state index contributed by atoms with van der Waals surface area (Å²) in [6.07, 6.45) is 0.